The first kappa shape index (κ1) is 20.2. The highest BCUT2D eigenvalue weighted by molar-refractivity contribution is 9.10. The first-order valence-electron chi connectivity index (χ1n) is 9.59. The third-order valence-corrected chi connectivity index (χ3v) is 6.64. The monoisotopic (exact) mass is 429 g/mol. The van der Waals surface area contributed by atoms with Crippen LogP contribution in [0, 0.1) is 0 Å². The summed E-state index contributed by atoms with van der Waals surface area (Å²) >= 11 is 3.43. The molecule has 2 aromatic rings. The Balaban J connectivity index is 1.71. The van der Waals surface area contributed by atoms with E-state index in [-0.39, 0.29) is 5.78 Å². The number of aryl methyl sites for hydroxylation is 1. The van der Waals surface area contributed by atoms with Gasteiger partial charge in [0, 0.05) is 10.0 Å². The lowest BCUT2D eigenvalue weighted by Crippen LogP contribution is -2.56. The molecule has 1 aliphatic carbocycles. The quantitative estimate of drug-likeness (QED) is 0.665. The average molecular weight is 430 g/mol. The number of hydrogen-bond donors (Lipinski definition) is 1. The van der Waals surface area contributed by atoms with E-state index < -0.39 is 11.1 Å². The molecule has 1 aliphatic rings. The number of ketones is 1. The van der Waals surface area contributed by atoms with Crippen molar-refractivity contribution in [1.82, 2.24) is 4.90 Å². The molecule has 3 rings (SSSR count). The molecule has 0 unspecified atom stereocenters. The van der Waals surface area contributed by atoms with Gasteiger partial charge in [0.05, 0.1) is 11.1 Å². The average Bonchev–Trinajstić information content (AvgIpc) is 2.68. The van der Waals surface area contributed by atoms with Crippen molar-refractivity contribution >= 4 is 21.7 Å². The maximum atomic E-state index is 13.3. The van der Waals surface area contributed by atoms with Gasteiger partial charge in [-0.05, 0) is 70.3 Å². The lowest BCUT2D eigenvalue weighted by atomic mass is 9.68. The predicted octanol–water partition coefficient (Wildman–Crippen LogP) is 4.87. The Morgan fingerprint density at radius 2 is 1.59 bits per heavy atom. The Morgan fingerprint density at radius 3 is 2.15 bits per heavy atom. The van der Waals surface area contributed by atoms with E-state index in [4.69, 9.17) is 0 Å². The van der Waals surface area contributed by atoms with E-state index >= 15 is 0 Å². The van der Waals surface area contributed by atoms with E-state index in [1.165, 1.54) is 5.56 Å². The lowest BCUT2D eigenvalue weighted by Gasteiger charge is -2.47. The van der Waals surface area contributed by atoms with Gasteiger partial charge >= 0.3 is 0 Å². The van der Waals surface area contributed by atoms with Crippen LogP contribution in [0.25, 0.3) is 0 Å². The standard InChI is InChI=1S/C23H28BrNO2/c1-25(2)23(21(26)19-8-10-20(24)11-9-19)16-14-22(27,15-17-23)13-12-18-6-4-3-5-7-18/h3-11,27H,12-17H2,1-2H3. The lowest BCUT2D eigenvalue weighted by molar-refractivity contribution is -0.0405. The fourth-order valence-electron chi connectivity index (χ4n) is 4.15. The topological polar surface area (TPSA) is 40.5 Å². The summed E-state index contributed by atoms with van der Waals surface area (Å²) in [6.07, 6.45) is 4.28. The fraction of sp³-hybridized carbons (Fsp3) is 0.435. The summed E-state index contributed by atoms with van der Waals surface area (Å²) < 4.78 is 0.969. The minimum Gasteiger partial charge on any atom is -0.390 e. The number of hydrogen-bond acceptors (Lipinski definition) is 3. The van der Waals surface area contributed by atoms with Crippen LogP contribution in [0.3, 0.4) is 0 Å². The first-order chi connectivity index (χ1) is 12.8. The molecule has 1 fully saturated rings. The van der Waals surface area contributed by atoms with Gasteiger partial charge < -0.3 is 5.11 Å². The first-order valence-corrected chi connectivity index (χ1v) is 10.4. The van der Waals surface area contributed by atoms with Gasteiger partial charge in [0.1, 0.15) is 0 Å². The van der Waals surface area contributed by atoms with Crippen LogP contribution < -0.4 is 0 Å². The molecule has 1 saturated carbocycles. The summed E-state index contributed by atoms with van der Waals surface area (Å²) in [4.78, 5) is 15.4. The molecule has 0 spiro atoms. The van der Waals surface area contributed by atoms with E-state index in [1.807, 2.05) is 61.5 Å². The van der Waals surface area contributed by atoms with E-state index in [0.29, 0.717) is 25.7 Å². The third-order valence-electron chi connectivity index (χ3n) is 6.11. The normalized spacial score (nSPS) is 25.5. The van der Waals surface area contributed by atoms with Gasteiger partial charge in [0.25, 0.3) is 0 Å². The molecule has 144 valence electrons. The second-order valence-electron chi connectivity index (χ2n) is 7.97. The summed E-state index contributed by atoms with van der Waals surface area (Å²) in [7, 11) is 3.95. The summed E-state index contributed by atoms with van der Waals surface area (Å²) in [5, 5.41) is 11.1. The molecule has 0 aliphatic heterocycles. The zero-order chi connectivity index (χ0) is 19.5. The Kier molecular flexibility index (Phi) is 6.19. The minimum absolute atomic E-state index is 0.158. The molecular formula is C23H28BrNO2. The van der Waals surface area contributed by atoms with E-state index in [0.717, 1.165) is 22.9 Å². The highest BCUT2D eigenvalue weighted by atomic mass is 79.9. The third kappa shape index (κ3) is 4.50. The van der Waals surface area contributed by atoms with Gasteiger partial charge in [-0.25, -0.2) is 0 Å². The highest BCUT2D eigenvalue weighted by Gasteiger charge is 2.47. The number of halogens is 1. The fourth-order valence-corrected chi connectivity index (χ4v) is 4.41. The van der Waals surface area contributed by atoms with Crippen LogP contribution in [0.15, 0.2) is 59.1 Å². The molecule has 0 atom stereocenters. The minimum atomic E-state index is -0.685. The Morgan fingerprint density at radius 1 is 1.00 bits per heavy atom. The van der Waals surface area contributed by atoms with Crippen molar-refractivity contribution in [3.8, 4) is 0 Å². The summed E-state index contributed by atoms with van der Waals surface area (Å²) in [5.41, 5.74) is 0.769. The zero-order valence-corrected chi connectivity index (χ0v) is 17.7. The second-order valence-corrected chi connectivity index (χ2v) is 8.89. The molecule has 1 N–H and O–H groups in total. The van der Waals surface area contributed by atoms with Crippen molar-refractivity contribution in [2.75, 3.05) is 14.1 Å². The van der Waals surface area contributed by atoms with Gasteiger partial charge in [-0.2, -0.15) is 0 Å². The molecule has 27 heavy (non-hydrogen) atoms. The van der Waals surface area contributed by atoms with Gasteiger partial charge in [-0.3, -0.25) is 9.69 Å². The van der Waals surface area contributed by atoms with Crippen molar-refractivity contribution in [1.29, 1.82) is 0 Å². The maximum Gasteiger partial charge on any atom is 0.183 e. The molecule has 3 nitrogen and oxygen atoms in total. The molecule has 0 amide bonds. The van der Waals surface area contributed by atoms with Crippen molar-refractivity contribution in [3.05, 3.63) is 70.2 Å². The van der Waals surface area contributed by atoms with Crippen molar-refractivity contribution in [3.63, 3.8) is 0 Å². The second kappa shape index (κ2) is 8.26. The van der Waals surface area contributed by atoms with E-state index in [9.17, 15) is 9.90 Å². The van der Waals surface area contributed by atoms with Crippen molar-refractivity contribution in [2.45, 2.75) is 49.7 Å². The van der Waals surface area contributed by atoms with Crippen LogP contribution in [0.2, 0.25) is 0 Å². The molecular weight excluding hydrogens is 402 g/mol. The number of carbonyl (C=O) groups excluding carboxylic acids is 1. The number of aliphatic hydroxyl groups is 1. The SMILES string of the molecule is CN(C)C1(C(=O)c2ccc(Br)cc2)CCC(O)(CCc2ccccc2)CC1. The Bertz CT molecular complexity index is 763. The summed E-state index contributed by atoms with van der Waals surface area (Å²) in [6, 6.07) is 17.9. The zero-order valence-electron chi connectivity index (χ0n) is 16.1. The van der Waals surface area contributed by atoms with Crippen molar-refractivity contribution in [2.24, 2.45) is 0 Å². The number of rotatable bonds is 6. The van der Waals surface area contributed by atoms with Crippen LogP contribution >= 0.6 is 15.9 Å². The highest BCUT2D eigenvalue weighted by Crippen LogP contribution is 2.41. The number of Topliss-reactive ketones (excluding diaryl/α,β-unsaturated/α-hetero) is 1. The molecule has 4 heteroatoms. The van der Waals surface area contributed by atoms with E-state index in [2.05, 4.69) is 28.1 Å². The van der Waals surface area contributed by atoms with Crippen LogP contribution in [-0.4, -0.2) is 41.0 Å². The number of nitrogens with zero attached hydrogens (tertiary/aromatic N) is 1. The molecule has 0 aromatic heterocycles. The number of benzene rings is 2. The molecule has 0 radical (unpaired) electrons. The maximum absolute atomic E-state index is 13.3. The van der Waals surface area contributed by atoms with Crippen LogP contribution in [0.5, 0.6) is 0 Å². The van der Waals surface area contributed by atoms with E-state index in [1.54, 1.807) is 0 Å². The predicted molar refractivity (Wildman–Crippen MR) is 113 cm³/mol. The molecule has 0 bridgehead atoms. The summed E-state index contributed by atoms with van der Waals surface area (Å²) in [5.74, 6) is 0.158. The van der Waals surface area contributed by atoms with Gasteiger partial charge in [0.2, 0.25) is 0 Å². The molecule has 0 heterocycles. The van der Waals surface area contributed by atoms with Gasteiger partial charge in [0.15, 0.2) is 5.78 Å². The van der Waals surface area contributed by atoms with Crippen LogP contribution in [-0.2, 0) is 6.42 Å². The van der Waals surface area contributed by atoms with Gasteiger partial charge in [-0.15, -0.1) is 0 Å². The van der Waals surface area contributed by atoms with Crippen LogP contribution in [0.1, 0.15) is 48.0 Å². The van der Waals surface area contributed by atoms with Crippen molar-refractivity contribution < 1.29 is 9.90 Å². The van der Waals surface area contributed by atoms with Crippen LogP contribution in [0.4, 0.5) is 0 Å². The number of likely N-dealkylation sites (N-methyl/N-ethyl adjacent to an activating group) is 1. The molecule has 0 saturated heterocycles. The summed E-state index contributed by atoms with van der Waals surface area (Å²) in [6.45, 7) is 0. The number of carbonyl (C=O) groups is 1. The Hall–Kier alpha value is -1.49. The molecule has 2 aromatic carbocycles. The smallest absolute Gasteiger partial charge is 0.183 e. The van der Waals surface area contributed by atoms with Gasteiger partial charge in [-0.1, -0.05) is 58.4 Å². The Labute approximate surface area is 170 Å². The largest absolute Gasteiger partial charge is 0.390 e.